The summed E-state index contributed by atoms with van der Waals surface area (Å²) >= 11 is 0. The number of hydrogen-bond donors (Lipinski definition) is 1. The summed E-state index contributed by atoms with van der Waals surface area (Å²) in [5.74, 6) is 0. The molecule has 0 unspecified atom stereocenters. The average Bonchev–Trinajstić information content (AvgIpc) is 2.25. The molecule has 1 saturated heterocycles. The van der Waals surface area contributed by atoms with Crippen LogP contribution in [0.1, 0.15) is 33.1 Å². The summed E-state index contributed by atoms with van der Waals surface area (Å²) in [6.07, 6.45) is 7.52. The van der Waals surface area contributed by atoms with Crippen LogP contribution < -0.4 is 5.32 Å². The largest absolute Gasteiger partial charge is 0.385 e. The zero-order chi connectivity index (χ0) is 10.4. The molecule has 1 rings (SSSR count). The second kappa shape index (κ2) is 5.63. The van der Waals surface area contributed by atoms with Crippen molar-refractivity contribution in [1.29, 1.82) is 0 Å². The van der Waals surface area contributed by atoms with Crippen molar-refractivity contribution in [2.24, 2.45) is 4.99 Å². The lowest BCUT2D eigenvalue weighted by molar-refractivity contribution is 0.659. The van der Waals surface area contributed by atoms with E-state index in [1.807, 2.05) is 13.3 Å². The van der Waals surface area contributed by atoms with E-state index < -0.39 is 0 Å². The van der Waals surface area contributed by atoms with E-state index in [0.29, 0.717) is 0 Å². The Morgan fingerprint density at radius 2 is 2.36 bits per heavy atom. The molecule has 0 spiro atoms. The Morgan fingerprint density at radius 1 is 1.57 bits per heavy atom. The first-order valence-electron chi connectivity index (χ1n) is 5.35. The fraction of sp³-hybridized carbons (Fsp3) is 0.583. The van der Waals surface area contributed by atoms with Gasteiger partial charge in [0.2, 0.25) is 0 Å². The van der Waals surface area contributed by atoms with E-state index >= 15 is 0 Å². The van der Waals surface area contributed by atoms with Crippen LogP contribution in [0.4, 0.5) is 0 Å². The van der Waals surface area contributed by atoms with Gasteiger partial charge in [0.05, 0.1) is 0 Å². The van der Waals surface area contributed by atoms with Gasteiger partial charge in [-0.1, -0.05) is 12.5 Å². The van der Waals surface area contributed by atoms with Gasteiger partial charge >= 0.3 is 0 Å². The maximum absolute atomic E-state index is 4.00. The van der Waals surface area contributed by atoms with Gasteiger partial charge in [0.25, 0.3) is 0 Å². The normalized spacial score (nSPS) is 24.1. The zero-order valence-corrected chi connectivity index (χ0v) is 9.43. The van der Waals surface area contributed by atoms with Gasteiger partial charge in [-0.15, -0.1) is 0 Å². The molecule has 0 saturated carbocycles. The molecule has 1 N–H and O–H groups in total. The number of aliphatic imine (C=N–C) groups is 1. The number of nitrogens with one attached hydrogen (secondary N) is 1. The van der Waals surface area contributed by atoms with Gasteiger partial charge in [-0.25, -0.2) is 0 Å². The maximum Gasteiger partial charge on any atom is 0.0362 e. The molecule has 14 heavy (non-hydrogen) atoms. The topological polar surface area (TPSA) is 24.4 Å². The molecule has 0 aromatic heterocycles. The number of rotatable bonds is 2. The molecular formula is C12H20N2. The van der Waals surface area contributed by atoms with Gasteiger partial charge in [0.15, 0.2) is 0 Å². The van der Waals surface area contributed by atoms with Crippen LogP contribution in [0.15, 0.2) is 27.9 Å². The molecule has 1 aliphatic heterocycles. The van der Waals surface area contributed by atoms with Crippen LogP contribution >= 0.6 is 0 Å². The fourth-order valence-electron chi connectivity index (χ4n) is 1.66. The molecule has 0 amide bonds. The summed E-state index contributed by atoms with van der Waals surface area (Å²) in [6, 6.07) is 0. The minimum Gasteiger partial charge on any atom is -0.385 e. The first-order chi connectivity index (χ1) is 6.79. The molecule has 0 radical (unpaired) electrons. The van der Waals surface area contributed by atoms with Gasteiger partial charge in [0.1, 0.15) is 0 Å². The van der Waals surface area contributed by atoms with Gasteiger partial charge in [-0.2, -0.15) is 0 Å². The quantitative estimate of drug-likeness (QED) is 0.668. The molecule has 0 atom stereocenters. The van der Waals surface area contributed by atoms with Crippen molar-refractivity contribution >= 4 is 6.21 Å². The molecule has 2 heteroatoms. The van der Waals surface area contributed by atoms with Crippen LogP contribution in [-0.2, 0) is 0 Å². The molecule has 0 bridgehead atoms. The second-order valence-electron chi connectivity index (χ2n) is 3.64. The third-order valence-corrected chi connectivity index (χ3v) is 2.63. The van der Waals surface area contributed by atoms with Crippen LogP contribution in [0.3, 0.4) is 0 Å². The Morgan fingerprint density at radius 3 is 3.00 bits per heavy atom. The molecular weight excluding hydrogens is 172 g/mol. The monoisotopic (exact) mass is 192 g/mol. The van der Waals surface area contributed by atoms with Crippen molar-refractivity contribution in [1.82, 2.24) is 5.32 Å². The lowest BCUT2D eigenvalue weighted by atomic mass is 9.98. The molecule has 0 aromatic carbocycles. The van der Waals surface area contributed by atoms with E-state index in [4.69, 9.17) is 0 Å². The van der Waals surface area contributed by atoms with E-state index in [2.05, 4.69) is 30.2 Å². The first-order valence-corrected chi connectivity index (χ1v) is 5.35. The lowest BCUT2D eigenvalue weighted by Gasteiger charge is -2.22. The van der Waals surface area contributed by atoms with E-state index in [-0.39, 0.29) is 0 Å². The highest BCUT2D eigenvalue weighted by atomic mass is 14.9. The predicted molar refractivity (Wildman–Crippen MR) is 62.7 cm³/mol. The second-order valence-corrected chi connectivity index (χ2v) is 3.64. The van der Waals surface area contributed by atoms with Crippen molar-refractivity contribution in [3.63, 3.8) is 0 Å². The molecule has 1 fully saturated rings. The highest BCUT2D eigenvalue weighted by Gasteiger charge is 2.11. The Balaban J connectivity index is 2.89. The standard InChI is InChI=1S/C12H20N2/c1-4-10(2)12-11(7-9-13-3)6-5-8-14-12/h7,9,14H,4-6,8H2,1-3H3/b11-7-,12-10-,13-9?. The summed E-state index contributed by atoms with van der Waals surface area (Å²) in [6.45, 7) is 5.50. The highest BCUT2D eigenvalue weighted by molar-refractivity contribution is 5.73. The molecule has 78 valence electrons. The van der Waals surface area contributed by atoms with Crippen LogP contribution in [0.2, 0.25) is 0 Å². The minimum atomic E-state index is 1.10. The first kappa shape index (κ1) is 11.0. The van der Waals surface area contributed by atoms with Crippen molar-refractivity contribution in [3.05, 3.63) is 22.9 Å². The van der Waals surface area contributed by atoms with Crippen molar-refractivity contribution in [2.75, 3.05) is 13.6 Å². The van der Waals surface area contributed by atoms with Crippen LogP contribution in [-0.4, -0.2) is 19.8 Å². The van der Waals surface area contributed by atoms with Crippen molar-refractivity contribution in [2.45, 2.75) is 33.1 Å². The summed E-state index contributed by atoms with van der Waals surface area (Å²) in [7, 11) is 1.81. The highest BCUT2D eigenvalue weighted by Crippen LogP contribution is 2.22. The lowest BCUT2D eigenvalue weighted by Crippen LogP contribution is -2.23. The summed E-state index contributed by atoms with van der Waals surface area (Å²) < 4.78 is 0. The third kappa shape index (κ3) is 2.72. The predicted octanol–water partition coefficient (Wildman–Crippen LogP) is 2.68. The van der Waals surface area contributed by atoms with Crippen molar-refractivity contribution in [3.8, 4) is 0 Å². The number of nitrogens with zero attached hydrogens (tertiary/aromatic N) is 1. The Labute approximate surface area is 86.8 Å². The molecule has 0 aromatic rings. The summed E-state index contributed by atoms with van der Waals surface area (Å²) in [5, 5.41) is 3.48. The minimum absolute atomic E-state index is 1.10. The number of hydrogen-bond acceptors (Lipinski definition) is 2. The van der Waals surface area contributed by atoms with E-state index in [1.165, 1.54) is 29.7 Å². The van der Waals surface area contributed by atoms with Gasteiger partial charge in [-0.05, 0) is 37.8 Å². The van der Waals surface area contributed by atoms with Crippen molar-refractivity contribution < 1.29 is 0 Å². The van der Waals surface area contributed by atoms with Crippen LogP contribution in [0.25, 0.3) is 0 Å². The van der Waals surface area contributed by atoms with Crippen LogP contribution in [0, 0.1) is 0 Å². The van der Waals surface area contributed by atoms with Gasteiger partial charge in [-0.3, -0.25) is 4.99 Å². The summed E-state index contributed by atoms with van der Waals surface area (Å²) in [4.78, 5) is 4.00. The average molecular weight is 192 g/mol. The summed E-state index contributed by atoms with van der Waals surface area (Å²) in [5.41, 5.74) is 4.19. The van der Waals surface area contributed by atoms with Gasteiger partial charge in [0, 0.05) is 25.5 Å². The van der Waals surface area contributed by atoms with E-state index in [0.717, 1.165) is 13.0 Å². The molecule has 0 aliphatic carbocycles. The fourth-order valence-corrected chi connectivity index (χ4v) is 1.66. The van der Waals surface area contributed by atoms with E-state index in [9.17, 15) is 0 Å². The smallest absolute Gasteiger partial charge is 0.0362 e. The third-order valence-electron chi connectivity index (χ3n) is 2.63. The van der Waals surface area contributed by atoms with Gasteiger partial charge < -0.3 is 5.32 Å². The maximum atomic E-state index is 4.00. The van der Waals surface area contributed by atoms with E-state index in [1.54, 1.807) is 0 Å². The van der Waals surface area contributed by atoms with Crippen LogP contribution in [0.5, 0.6) is 0 Å². The molecule has 2 nitrogen and oxygen atoms in total. The Bertz CT molecular complexity index is 272. The molecule has 1 aliphatic rings. The SMILES string of the molecule is CC/C(C)=C1\NCCC\C1=C\C=NC. The zero-order valence-electron chi connectivity index (χ0n) is 9.43. The number of allylic oxidation sites excluding steroid dienone is 3. The number of piperidine rings is 1. The Kier molecular flexibility index (Phi) is 4.44. The molecule has 1 heterocycles. The Hall–Kier alpha value is -1.05.